The van der Waals surface area contributed by atoms with Crippen LogP contribution in [-0.4, -0.2) is 23.4 Å². The molecule has 2 aromatic heterocycles. The summed E-state index contributed by atoms with van der Waals surface area (Å²) in [5, 5.41) is 8.79. The molecule has 100 valence electrons. The van der Waals surface area contributed by atoms with Crippen LogP contribution >= 0.6 is 0 Å². The minimum atomic E-state index is 0.192. The van der Waals surface area contributed by atoms with E-state index in [9.17, 15) is 4.79 Å². The average molecular weight is 269 g/mol. The molecular formula is C14H11N3O3. The van der Waals surface area contributed by atoms with Gasteiger partial charge >= 0.3 is 0 Å². The molecule has 0 fully saturated rings. The number of rotatable bonds is 5. The largest absolute Gasteiger partial charge is 0.486 e. The number of aromatic nitrogens is 2. The number of methoxy groups -OCH3 is 1. The summed E-state index contributed by atoms with van der Waals surface area (Å²) in [5.41, 5.74) is 1.53. The van der Waals surface area contributed by atoms with Crippen molar-refractivity contribution in [1.82, 2.24) is 9.97 Å². The molecular weight excluding hydrogens is 258 g/mol. The van der Waals surface area contributed by atoms with Crippen molar-refractivity contribution in [2.45, 2.75) is 6.61 Å². The Morgan fingerprint density at radius 3 is 2.90 bits per heavy atom. The van der Waals surface area contributed by atoms with E-state index in [1.165, 1.54) is 25.6 Å². The molecule has 0 atom stereocenters. The molecule has 0 spiro atoms. The molecule has 2 aromatic rings. The van der Waals surface area contributed by atoms with Crippen molar-refractivity contribution >= 4 is 6.29 Å². The van der Waals surface area contributed by atoms with Gasteiger partial charge < -0.3 is 9.47 Å². The molecule has 0 aliphatic heterocycles. The van der Waals surface area contributed by atoms with Gasteiger partial charge in [-0.2, -0.15) is 5.26 Å². The van der Waals surface area contributed by atoms with Crippen molar-refractivity contribution in [2.24, 2.45) is 0 Å². The van der Waals surface area contributed by atoms with Crippen molar-refractivity contribution < 1.29 is 14.3 Å². The molecule has 0 aromatic carbocycles. The van der Waals surface area contributed by atoms with Gasteiger partial charge in [-0.25, -0.2) is 4.98 Å². The second-order valence-electron chi connectivity index (χ2n) is 3.86. The maximum atomic E-state index is 11.0. The van der Waals surface area contributed by atoms with E-state index in [0.29, 0.717) is 29.0 Å². The van der Waals surface area contributed by atoms with Gasteiger partial charge in [-0.3, -0.25) is 9.78 Å². The molecule has 0 bridgehead atoms. The fourth-order valence-electron chi connectivity index (χ4n) is 1.55. The lowest BCUT2D eigenvalue weighted by Crippen LogP contribution is -2.01. The van der Waals surface area contributed by atoms with Crippen LogP contribution in [0.25, 0.3) is 0 Å². The van der Waals surface area contributed by atoms with Crippen LogP contribution < -0.4 is 9.47 Å². The second-order valence-corrected chi connectivity index (χ2v) is 3.86. The molecule has 0 aliphatic rings. The van der Waals surface area contributed by atoms with Crippen molar-refractivity contribution in [3.05, 3.63) is 47.4 Å². The van der Waals surface area contributed by atoms with Gasteiger partial charge in [0, 0.05) is 24.0 Å². The van der Waals surface area contributed by atoms with Gasteiger partial charge in [0.15, 0.2) is 6.29 Å². The second kappa shape index (κ2) is 6.29. The third-order valence-corrected chi connectivity index (χ3v) is 2.53. The highest BCUT2D eigenvalue weighted by atomic mass is 16.5. The molecule has 0 amide bonds. The molecule has 6 heteroatoms. The topological polar surface area (TPSA) is 85.1 Å². The Labute approximate surface area is 115 Å². The van der Waals surface area contributed by atoms with Crippen LogP contribution in [-0.2, 0) is 6.61 Å². The molecule has 0 N–H and O–H groups in total. The predicted molar refractivity (Wildman–Crippen MR) is 69.5 cm³/mol. The average Bonchev–Trinajstić information content (AvgIpc) is 2.52. The zero-order valence-electron chi connectivity index (χ0n) is 10.7. The third kappa shape index (κ3) is 3.09. The fraction of sp³-hybridized carbons (Fsp3) is 0.143. The quantitative estimate of drug-likeness (QED) is 0.769. The molecule has 0 aliphatic carbocycles. The summed E-state index contributed by atoms with van der Waals surface area (Å²) < 4.78 is 10.4. The lowest BCUT2D eigenvalue weighted by molar-refractivity contribution is 0.111. The minimum Gasteiger partial charge on any atom is -0.486 e. The lowest BCUT2D eigenvalue weighted by Gasteiger charge is -2.09. The van der Waals surface area contributed by atoms with E-state index in [0.717, 1.165) is 5.56 Å². The number of hydrogen-bond donors (Lipinski definition) is 0. The minimum absolute atomic E-state index is 0.192. The van der Waals surface area contributed by atoms with Crippen molar-refractivity contribution in [3.8, 4) is 17.7 Å². The van der Waals surface area contributed by atoms with Gasteiger partial charge in [-0.15, -0.1) is 0 Å². The number of pyridine rings is 2. The zero-order valence-corrected chi connectivity index (χ0v) is 10.7. The normalized spacial score (nSPS) is 9.60. The smallest absolute Gasteiger partial charge is 0.213 e. The monoisotopic (exact) mass is 269 g/mol. The SMILES string of the molecule is COc1cc(C=O)c(OCc2cncc(C#N)c2)cn1. The van der Waals surface area contributed by atoms with E-state index in [-0.39, 0.29) is 6.61 Å². The first-order valence-corrected chi connectivity index (χ1v) is 5.73. The van der Waals surface area contributed by atoms with E-state index in [1.54, 1.807) is 12.3 Å². The number of nitriles is 1. The summed E-state index contributed by atoms with van der Waals surface area (Å²) in [4.78, 5) is 18.9. The van der Waals surface area contributed by atoms with E-state index >= 15 is 0 Å². The third-order valence-electron chi connectivity index (χ3n) is 2.53. The summed E-state index contributed by atoms with van der Waals surface area (Å²) in [6.07, 6.45) is 5.15. The maximum absolute atomic E-state index is 11.0. The highest BCUT2D eigenvalue weighted by molar-refractivity contribution is 5.79. The van der Waals surface area contributed by atoms with E-state index < -0.39 is 0 Å². The number of carbonyl (C=O) groups excluding carboxylic acids is 1. The summed E-state index contributed by atoms with van der Waals surface area (Å²) in [7, 11) is 1.47. The fourth-order valence-corrected chi connectivity index (χ4v) is 1.55. The summed E-state index contributed by atoms with van der Waals surface area (Å²) in [6, 6.07) is 5.16. The van der Waals surface area contributed by atoms with Gasteiger partial charge in [-0.05, 0) is 6.07 Å². The molecule has 0 unspecified atom stereocenters. The zero-order chi connectivity index (χ0) is 14.4. The summed E-state index contributed by atoms with van der Waals surface area (Å²) in [5.74, 6) is 0.691. The molecule has 20 heavy (non-hydrogen) atoms. The van der Waals surface area contributed by atoms with Gasteiger partial charge in [0.1, 0.15) is 18.4 Å². The number of ether oxygens (including phenoxy) is 2. The molecule has 6 nitrogen and oxygen atoms in total. The van der Waals surface area contributed by atoms with Gasteiger partial charge in [0.2, 0.25) is 5.88 Å². The molecule has 2 rings (SSSR count). The van der Waals surface area contributed by atoms with E-state index in [1.807, 2.05) is 6.07 Å². The van der Waals surface area contributed by atoms with E-state index in [2.05, 4.69) is 9.97 Å². The highest BCUT2D eigenvalue weighted by Gasteiger charge is 2.07. The van der Waals surface area contributed by atoms with Crippen LogP contribution in [0.4, 0.5) is 0 Å². The van der Waals surface area contributed by atoms with E-state index in [4.69, 9.17) is 14.7 Å². The van der Waals surface area contributed by atoms with Gasteiger partial charge in [0.05, 0.1) is 24.4 Å². The Hall–Kier alpha value is -2.94. The Morgan fingerprint density at radius 1 is 1.35 bits per heavy atom. The summed E-state index contributed by atoms with van der Waals surface area (Å²) in [6.45, 7) is 0.192. The Bertz CT molecular complexity index is 665. The first-order chi connectivity index (χ1) is 9.76. The molecule has 0 saturated heterocycles. The van der Waals surface area contributed by atoms with Crippen molar-refractivity contribution in [2.75, 3.05) is 7.11 Å². The Kier molecular flexibility index (Phi) is 4.24. The number of carbonyl (C=O) groups is 1. The van der Waals surface area contributed by atoms with Crippen molar-refractivity contribution in [1.29, 1.82) is 5.26 Å². The number of hydrogen-bond acceptors (Lipinski definition) is 6. The van der Waals surface area contributed by atoms with Crippen LogP contribution in [0.15, 0.2) is 30.7 Å². The van der Waals surface area contributed by atoms with Gasteiger partial charge in [0.25, 0.3) is 0 Å². The standard InChI is InChI=1S/C14H11N3O3/c1-19-14-3-12(8-18)13(7-17-14)20-9-11-2-10(4-15)5-16-6-11/h2-3,5-8H,9H2,1H3. The highest BCUT2D eigenvalue weighted by Crippen LogP contribution is 2.20. The first-order valence-electron chi connectivity index (χ1n) is 5.73. The summed E-state index contributed by atoms with van der Waals surface area (Å²) >= 11 is 0. The van der Waals surface area contributed by atoms with Gasteiger partial charge in [-0.1, -0.05) is 0 Å². The first kappa shape index (κ1) is 13.5. The molecule has 0 saturated carbocycles. The van der Waals surface area contributed by atoms with Crippen LogP contribution in [0.2, 0.25) is 0 Å². The lowest BCUT2D eigenvalue weighted by atomic mass is 10.2. The molecule has 2 heterocycles. The number of nitrogens with zero attached hydrogens (tertiary/aromatic N) is 3. The van der Waals surface area contributed by atoms with Crippen LogP contribution in [0.1, 0.15) is 21.5 Å². The Morgan fingerprint density at radius 2 is 2.20 bits per heavy atom. The maximum Gasteiger partial charge on any atom is 0.213 e. The van der Waals surface area contributed by atoms with Crippen LogP contribution in [0.5, 0.6) is 11.6 Å². The van der Waals surface area contributed by atoms with Crippen LogP contribution in [0, 0.1) is 11.3 Å². The van der Waals surface area contributed by atoms with Crippen molar-refractivity contribution in [3.63, 3.8) is 0 Å². The predicted octanol–water partition coefficient (Wildman–Crippen LogP) is 1.75. The van der Waals surface area contributed by atoms with Crippen LogP contribution in [0.3, 0.4) is 0 Å². The Balaban J connectivity index is 2.14. The number of aldehydes is 1. The molecule has 0 radical (unpaired) electrons.